The van der Waals surface area contributed by atoms with Crippen molar-refractivity contribution >= 4 is 21.0 Å². The van der Waals surface area contributed by atoms with Crippen LogP contribution in [0.4, 0.5) is 4.39 Å². The lowest BCUT2D eigenvalue weighted by molar-refractivity contribution is 0.110. The van der Waals surface area contributed by atoms with Crippen LogP contribution < -0.4 is 0 Å². The van der Waals surface area contributed by atoms with E-state index in [-0.39, 0.29) is 0 Å². The van der Waals surface area contributed by atoms with Crippen LogP contribution in [0.2, 0.25) is 0 Å². The molecule has 1 aromatic heterocycles. The van der Waals surface area contributed by atoms with E-state index >= 15 is 0 Å². The fourth-order valence-corrected chi connectivity index (χ4v) is 3.60. The summed E-state index contributed by atoms with van der Waals surface area (Å²) in [7, 11) is 0. The molecule has 0 saturated heterocycles. The lowest BCUT2D eigenvalue weighted by Gasteiger charge is -2.31. The number of rotatable bonds is 3. The van der Waals surface area contributed by atoms with Crippen molar-refractivity contribution in [3.05, 3.63) is 29.6 Å². The van der Waals surface area contributed by atoms with Crippen molar-refractivity contribution in [2.45, 2.75) is 41.7 Å². The Hall–Kier alpha value is -0.900. The van der Waals surface area contributed by atoms with Crippen molar-refractivity contribution in [2.75, 3.05) is 0 Å². The van der Waals surface area contributed by atoms with Gasteiger partial charge in [0, 0.05) is 22.2 Å². The minimum atomic E-state index is -1.18. The summed E-state index contributed by atoms with van der Waals surface area (Å²) in [6.07, 6.45) is 4.61. The largest absolute Gasteiger partial charge is 0.278 e. The molecule has 0 unspecified atom stereocenters. The number of nitrogens with zero attached hydrogens (tertiary/aromatic N) is 2. The van der Waals surface area contributed by atoms with Gasteiger partial charge in [0.15, 0.2) is 0 Å². The van der Waals surface area contributed by atoms with E-state index in [0.717, 1.165) is 12.8 Å². The van der Waals surface area contributed by atoms with Crippen LogP contribution in [0.25, 0.3) is 0 Å². The molecule has 5 heteroatoms. The summed E-state index contributed by atoms with van der Waals surface area (Å²) in [5.74, 6) is 0. The molecule has 0 radical (unpaired) electrons. The first kappa shape index (κ1) is 13.5. The average Bonchev–Trinajstić information content (AvgIpc) is 2.39. The molecule has 1 N–H and O–H groups in total. The predicted molar refractivity (Wildman–Crippen MR) is 75.5 cm³/mol. The number of nitrogens with one attached hydrogen (secondary N) is 1. The average molecular weight is 359 g/mol. The fourth-order valence-electron chi connectivity index (χ4n) is 2.35. The SMILES string of the molecule is N#Cc1ccnc(CC2(F)CCC(I=N)CC2)c1. The zero-order chi connectivity index (χ0) is 13.0. The number of pyridine rings is 1. The van der Waals surface area contributed by atoms with Gasteiger partial charge in [0.25, 0.3) is 0 Å². The summed E-state index contributed by atoms with van der Waals surface area (Å²) in [6, 6.07) is 5.36. The topological polar surface area (TPSA) is 60.5 Å². The number of aromatic nitrogens is 1. The molecule has 1 heterocycles. The van der Waals surface area contributed by atoms with Gasteiger partial charge >= 0.3 is 0 Å². The van der Waals surface area contributed by atoms with E-state index in [1.54, 1.807) is 18.3 Å². The normalized spacial score (nSPS) is 27.7. The molecule has 96 valence electrons. The van der Waals surface area contributed by atoms with Gasteiger partial charge in [-0.1, -0.05) is 0 Å². The first-order chi connectivity index (χ1) is 8.65. The van der Waals surface area contributed by atoms with Crippen molar-refractivity contribution in [1.29, 1.82) is 8.82 Å². The second-order valence-electron chi connectivity index (χ2n) is 4.76. The zero-order valence-electron chi connectivity index (χ0n) is 10.00. The van der Waals surface area contributed by atoms with Gasteiger partial charge in [-0.25, -0.2) is 4.39 Å². The monoisotopic (exact) mass is 359 g/mol. The Kier molecular flexibility index (Phi) is 4.38. The maximum atomic E-state index is 14.6. The maximum absolute atomic E-state index is 14.6. The smallest absolute Gasteiger partial charge is 0.116 e. The Balaban J connectivity index is 2.04. The molecule has 0 bridgehead atoms. The Morgan fingerprint density at radius 3 is 2.89 bits per heavy atom. The summed E-state index contributed by atoms with van der Waals surface area (Å²) in [4.78, 5) is 4.14. The molecule has 1 saturated carbocycles. The second-order valence-corrected chi connectivity index (χ2v) is 7.14. The van der Waals surface area contributed by atoms with Crippen LogP contribution in [0, 0.1) is 14.9 Å². The van der Waals surface area contributed by atoms with E-state index in [1.807, 2.05) is 0 Å². The van der Waals surface area contributed by atoms with E-state index in [4.69, 9.17) is 8.82 Å². The fraction of sp³-hybridized carbons (Fsp3) is 0.538. The summed E-state index contributed by atoms with van der Waals surface area (Å²) in [5.41, 5.74) is 0.0149. The lowest BCUT2D eigenvalue weighted by atomic mass is 9.83. The second kappa shape index (κ2) is 5.83. The van der Waals surface area contributed by atoms with E-state index in [1.165, 1.54) is 0 Å². The van der Waals surface area contributed by atoms with E-state index in [9.17, 15) is 4.39 Å². The van der Waals surface area contributed by atoms with Crippen LogP contribution in [-0.4, -0.2) is 14.6 Å². The molecule has 3 nitrogen and oxygen atoms in total. The molecule has 1 aliphatic carbocycles. The number of halogens is 2. The number of hydrogen-bond donors (Lipinski definition) is 1. The molecular weight excluding hydrogens is 344 g/mol. The highest BCUT2D eigenvalue weighted by Gasteiger charge is 2.35. The van der Waals surface area contributed by atoms with Gasteiger partial charge in [-0.05, 0) is 58.8 Å². The standard InChI is InChI=1S/C13H15FIN3/c14-13(4-1-11(15-17)2-5-13)8-12-7-10(9-16)3-6-18-12/h3,6-7,11,17H,1-2,4-5,8H2. The Labute approximate surface area is 116 Å². The van der Waals surface area contributed by atoms with Crippen LogP contribution >= 0.6 is 21.0 Å². The maximum Gasteiger partial charge on any atom is 0.116 e. The molecule has 0 aliphatic heterocycles. The lowest BCUT2D eigenvalue weighted by Crippen LogP contribution is -2.32. The third-order valence-corrected chi connectivity index (χ3v) is 5.54. The highest BCUT2D eigenvalue weighted by atomic mass is 127. The van der Waals surface area contributed by atoms with E-state index in [2.05, 4.69) is 11.1 Å². The first-order valence-electron chi connectivity index (χ1n) is 5.98. The van der Waals surface area contributed by atoms with Crippen LogP contribution in [0.15, 0.2) is 18.3 Å². The Morgan fingerprint density at radius 1 is 1.56 bits per heavy atom. The quantitative estimate of drug-likeness (QED) is 0.658. The zero-order valence-corrected chi connectivity index (χ0v) is 12.2. The minimum Gasteiger partial charge on any atom is -0.278 e. The highest BCUT2D eigenvalue weighted by Crippen LogP contribution is 2.38. The summed E-state index contributed by atoms with van der Waals surface area (Å²) < 4.78 is 22.5. The Bertz CT molecular complexity index is 475. The molecule has 1 fully saturated rings. The van der Waals surface area contributed by atoms with Gasteiger partial charge in [0.05, 0.1) is 11.6 Å². The third-order valence-electron chi connectivity index (χ3n) is 3.41. The number of hydrogen-bond acceptors (Lipinski definition) is 3. The molecule has 0 amide bonds. The van der Waals surface area contributed by atoms with Gasteiger partial charge in [-0.2, -0.15) is 5.26 Å². The molecule has 0 spiro atoms. The van der Waals surface area contributed by atoms with Gasteiger partial charge in [0.2, 0.25) is 0 Å². The first-order valence-corrected chi connectivity index (χ1v) is 8.31. The molecule has 0 atom stereocenters. The van der Waals surface area contributed by atoms with Crippen molar-refractivity contribution < 1.29 is 4.39 Å². The highest BCUT2D eigenvalue weighted by molar-refractivity contribution is 14.1. The third kappa shape index (κ3) is 3.31. The molecule has 1 aliphatic rings. The van der Waals surface area contributed by atoms with Crippen LogP contribution in [0.5, 0.6) is 0 Å². The summed E-state index contributed by atoms with van der Waals surface area (Å²) in [6.45, 7) is 0. The molecular formula is C13H15FIN3. The molecule has 2 rings (SSSR count). The van der Waals surface area contributed by atoms with Crippen LogP contribution in [-0.2, 0) is 6.42 Å². The number of nitriles is 1. The van der Waals surface area contributed by atoms with Gasteiger partial charge in [-0.3, -0.25) is 8.55 Å². The van der Waals surface area contributed by atoms with E-state index < -0.39 is 26.7 Å². The summed E-state index contributed by atoms with van der Waals surface area (Å²) in [5, 5.41) is 8.81. The van der Waals surface area contributed by atoms with Gasteiger partial charge in [-0.15, -0.1) is 0 Å². The van der Waals surface area contributed by atoms with Gasteiger partial charge < -0.3 is 0 Å². The predicted octanol–water partition coefficient (Wildman–Crippen LogP) is 3.88. The molecule has 18 heavy (non-hydrogen) atoms. The van der Waals surface area contributed by atoms with Crippen molar-refractivity contribution in [1.82, 2.24) is 4.98 Å². The van der Waals surface area contributed by atoms with Crippen molar-refractivity contribution in [3.63, 3.8) is 0 Å². The Morgan fingerprint density at radius 2 is 2.28 bits per heavy atom. The van der Waals surface area contributed by atoms with E-state index in [0.29, 0.717) is 34.4 Å². The summed E-state index contributed by atoms with van der Waals surface area (Å²) >= 11 is -0.500. The van der Waals surface area contributed by atoms with Crippen LogP contribution in [0.3, 0.4) is 0 Å². The molecule has 0 aromatic carbocycles. The minimum absolute atomic E-state index is 0.297. The van der Waals surface area contributed by atoms with Gasteiger partial charge in [0.1, 0.15) is 5.67 Å². The number of alkyl halides is 2. The van der Waals surface area contributed by atoms with Crippen LogP contribution in [0.1, 0.15) is 36.9 Å². The molecule has 1 aromatic rings. The van der Waals surface area contributed by atoms with Crippen molar-refractivity contribution in [3.8, 4) is 6.07 Å². The van der Waals surface area contributed by atoms with Crippen molar-refractivity contribution in [2.24, 2.45) is 0 Å².